The zero-order valence-electron chi connectivity index (χ0n) is 17.0. The Hall–Kier alpha value is -2.80. The molecule has 0 radical (unpaired) electrons. The Labute approximate surface area is 177 Å². The smallest absolute Gasteiger partial charge is 0.257 e. The van der Waals surface area contributed by atoms with Crippen molar-refractivity contribution in [1.82, 2.24) is 5.32 Å². The van der Waals surface area contributed by atoms with Crippen LogP contribution in [-0.2, 0) is 0 Å². The summed E-state index contributed by atoms with van der Waals surface area (Å²) in [5.41, 5.74) is 2.47. The van der Waals surface area contributed by atoms with Gasteiger partial charge in [-0.05, 0) is 80.9 Å². The fraction of sp³-hybridized carbons (Fsp3) is 0.364. The Kier molecular flexibility index (Phi) is 6.93. The highest BCUT2D eigenvalue weighted by Crippen LogP contribution is 2.28. The van der Waals surface area contributed by atoms with Crippen LogP contribution in [0.3, 0.4) is 0 Å². The number of hydrogen-bond acceptors (Lipinski definition) is 5. The lowest BCUT2D eigenvalue weighted by Crippen LogP contribution is -2.37. The van der Waals surface area contributed by atoms with E-state index in [0.29, 0.717) is 23.1 Å². The van der Waals surface area contributed by atoms with Crippen LogP contribution in [-0.4, -0.2) is 37.8 Å². The summed E-state index contributed by atoms with van der Waals surface area (Å²) in [5.74, 6) is 0.733. The third kappa shape index (κ3) is 5.17. The molecule has 154 valence electrons. The fourth-order valence-electron chi connectivity index (χ4n) is 3.53. The van der Waals surface area contributed by atoms with Crippen LogP contribution in [0.15, 0.2) is 42.5 Å². The van der Waals surface area contributed by atoms with Gasteiger partial charge in [0, 0.05) is 29.5 Å². The van der Waals surface area contributed by atoms with E-state index < -0.39 is 0 Å². The Morgan fingerprint density at radius 1 is 1.07 bits per heavy atom. The molecule has 1 fully saturated rings. The molecular weight excluding hydrogens is 386 g/mol. The Balaban J connectivity index is 1.59. The topological polar surface area (TPSA) is 62.8 Å². The quantitative estimate of drug-likeness (QED) is 0.716. The maximum Gasteiger partial charge on any atom is 0.257 e. The molecule has 2 N–H and O–H groups in total. The summed E-state index contributed by atoms with van der Waals surface area (Å²) in [5, 5.41) is 5.99. The van der Waals surface area contributed by atoms with Crippen molar-refractivity contribution in [3.63, 3.8) is 0 Å². The molecule has 1 atom stereocenters. The van der Waals surface area contributed by atoms with E-state index in [1.54, 1.807) is 25.3 Å². The fourth-order valence-corrected chi connectivity index (χ4v) is 3.74. The standard InChI is InChI=1S/C22H27N3O3S/c1-15-6-4-5-13-25(15)18-10-8-17(9-11-18)23-22(29)24-21(26)16-7-12-19(27-2)20(14-16)28-3/h7-12,14-15H,4-6,13H2,1-3H3,(H2,23,24,26,29)/t15-/m1/s1. The molecule has 0 aromatic heterocycles. The van der Waals surface area contributed by atoms with E-state index in [2.05, 4.69) is 34.6 Å². The minimum absolute atomic E-state index is 0.240. The van der Waals surface area contributed by atoms with Crippen molar-refractivity contribution in [2.24, 2.45) is 0 Å². The van der Waals surface area contributed by atoms with Gasteiger partial charge in [0.1, 0.15) is 0 Å². The van der Waals surface area contributed by atoms with Gasteiger partial charge in [0.05, 0.1) is 14.2 Å². The summed E-state index contributed by atoms with van der Waals surface area (Å²) in [6.07, 6.45) is 3.76. The largest absolute Gasteiger partial charge is 0.493 e. The van der Waals surface area contributed by atoms with E-state index in [9.17, 15) is 4.79 Å². The number of ether oxygens (including phenoxy) is 2. The SMILES string of the molecule is COc1ccc(C(=O)NC(=S)Nc2ccc(N3CCCC[C@H]3C)cc2)cc1OC. The van der Waals surface area contributed by atoms with Crippen molar-refractivity contribution in [2.45, 2.75) is 32.2 Å². The number of rotatable bonds is 5. The van der Waals surface area contributed by atoms with E-state index in [4.69, 9.17) is 21.7 Å². The number of benzene rings is 2. The van der Waals surface area contributed by atoms with Gasteiger partial charge in [0.2, 0.25) is 0 Å². The van der Waals surface area contributed by atoms with Crippen molar-refractivity contribution in [1.29, 1.82) is 0 Å². The molecule has 1 aliphatic heterocycles. The van der Waals surface area contributed by atoms with Gasteiger partial charge in [-0.3, -0.25) is 10.1 Å². The van der Waals surface area contributed by atoms with Gasteiger partial charge >= 0.3 is 0 Å². The number of carbonyl (C=O) groups is 1. The first-order chi connectivity index (χ1) is 14.0. The second-order valence-corrected chi connectivity index (χ2v) is 7.47. The molecule has 2 aromatic rings. The van der Waals surface area contributed by atoms with Gasteiger partial charge in [-0.1, -0.05) is 0 Å². The summed E-state index contributed by atoms with van der Waals surface area (Å²) < 4.78 is 10.4. The Morgan fingerprint density at radius 3 is 2.45 bits per heavy atom. The molecule has 0 saturated carbocycles. The summed E-state index contributed by atoms with van der Waals surface area (Å²) >= 11 is 5.29. The number of methoxy groups -OCH3 is 2. The van der Waals surface area contributed by atoms with Crippen molar-refractivity contribution < 1.29 is 14.3 Å². The number of hydrogen-bond donors (Lipinski definition) is 2. The zero-order chi connectivity index (χ0) is 20.8. The molecule has 3 rings (SSSR count). The third-order valence-corrected chi connectivity index (χ3v) is 5.34. The number of nitrogens with zero attached hydrogens (tertiary/aromatic N) is 1. The average molecular weight is 414 g/mol. The molecule has 1 saturated heterocycles. The molecule has 0 aliphatic carbocycles. The van der Waals surface area contributed by atoms with Gasteiger partial charge in [0.25, 0.3) is 5.91 Å². The Bertz CT molecular complexity index is 870. The highest BCUT2D eigenvalue weighted by atomic mass is 32.1. The van der Waals surface area contributed by atoms with E-state index in [1.165, 1.54) is 32.1 Å². The highest BCUT2D eigenvalue weighted by molar-refractivity contribution is 7.80. The van der Waals surface area contributed by atoms with E-state index in [1.807, 2.05) is 12.1 Å². The van der Waals surface area contributed by atoms with Crippen molar-refractivity contribution in [3.8, 4) is 11.5 Å². The van der Waals surface area contributed by atoms with Crippen LogP contribution in [0.1, 0.15) is 36.5 Å². The second-order valence-electron chi connectivity index (χ2n) is 7.06. The van der Waals surface area contributed by atoms with E-state index in [0.717, 1.165) is 12.2 Å². The molecule has 6 nitrogen and oxygen atoms in total. The van der Waals surface area contributed by atoms with Crippen LogP contribution in [0, 0.1) is 0 Å². The summed E-state index contributed by atoms with van der Waals surface area (Å²) in [6.45, 7) is 3.36. The Morgan fingerprint density at radius 2 is 1.79 bits per heavy atom. The van der Waals surface area contributed by atoms with Crippen LogP contribution in [0.25, 0.3) is 0 Å². The summed E-state index contributed by atoms with van der Waals surface area (Å²) in [7, 11) is 3.08. The van der Waals surface area contributed by atoms with Crippen molar-refractivity contribution in [2.75, 3.05) is 31.0 Å². The number of anilines is 2. The van der Waals surface area contributed by atoms with Crippen molar-refractivity contribution in [3.05, 3.63) is 48.0 Å². The molecule has 1 amide bonds. The first kappa shape index (κ1) is 20.9. The molecule has 1 heterocycles. The lowest BCUT2D eigenvalue weighted by Gasteiger charge is -2.35. The number of amides is 1. The monoisotopic (exact) mass is 413 g/mol. The maximum absolute atomic E-state index is 12.5. The maximum atomic E-state index is 12.5. The molecule has 0 spiro atoms. The van der Waals surface area contributed by atoms with Crippen LogP contribution >= 0.6 is 12.2 Å². The first-order valence-corrected chi connectivity index (χ1v) is 10.1. The lowest BCUT2D eigenvalue weighted by molar-refractivity contribution is 0.0977. The summed E-state index contributed by atoms with van der Waals surface area (Å²) in [4.78, 5) is 14.9. The minimum atomic E-state index is -0.317. The number of carbonyl (C=O) groups excluding carboxylic acids is 1. The number of thiocarbonyl (C=S) groups is 1. The highest BCUT2D eigenvalue weighted by Gasteiger charge is 2.18. The molecular formula is C22H27N3O3S. The molecule has 29 heavy (non-hydrogen) atoms. The number of piperidine rings is 1. The predicted molar refractivity (Wildman–Crippen MR) is 120 cm³/mol. The van der Waals surface area contributed by atoms with Crippen LogP contribution in [0.5, 0.6) is 11.5 Å². The molecule has 1 aliphatic rings. The van der Waals surface area contributed by atoms with E-state index in [-0.39, 0.29) is 11.0 Å². The third-order valence-electron chi connectivity index (χ3n) is 5.13. The van der Waals surface area contributed by atoms with E-state index >= 15 is 0 Å². The second kappa shape index (κ2) is 9.60. The summed E-state index contributed by atoms with van der Waals surface area (Å²) in [6, 6.07) is 13.6. The van der Waals surface area contributed by atoms with Gasteiger partial charge in [-0.15, -0.1) is 0 Å². The van der Waals surface area contributed by atoms with Crippen molar-refractivity contribution >= 4 is 34.6 Å². The molecule has 7 heteroatoms. The normalized spacial score (nSPS) is 16.1. The van der Waals surface area contributed by atoms with Crippen LogP contribution < -0.4 is 25.0 Å². The molecule has 0 unspecified atom stereocenters. The first-order valence-electron chi connectivity index (χ1n) is 9.73. The van der Waals surface area contributed by atoms with Gasteiger partial charge < -0.3 is 19.7 Å². The molecule has 0 bridgehead atoms. The predicted octanol–water partition coefficient (Wildman–Crippen LogP) is 4.21. The zero-order valence-corrected chi connectivity index (χ0v) is 17.8. The minimum Gasteiger partial charge on any atom is -0.493 e. The van der Waals surface area contributed by atoms with Crippen LogP contribution in [0.4, 0.5) is 11.4 Å². The van der Waals surface area contributed by atoms with Gasteiger partial charge in [-0.2, -0.15) is 0 Å². The average Bonchev–Trinajstić information content (AvgIpc) is 2.74. The molecule has 2 aromatic carbocycles. The number of nitrogens with one attached hydrogen (secondary N) is 2. The van der Waals surface area contributed by atoms with Gasteiger partial charge in [0.15, 0.2) is 16.6 Å². The van der Waals surface area contributed by atoms with Gasteiger partial charge in [-0.25, -0.2) is 0 Å². The van der Waals surface area contributed by atoms with Crippen LogP contribution in [0.2, 0.25) is 0 Å². The lowest BCUT2D eigenvalue weighted by atomic mass is 10.0.